The third-order valence-electron chi connectivity index (χ3n) is 3.69. The van der Waals surface area contributed by atoms with Gasteiger partial charge in [-0.3, -0.25) is 9.10 Å². The molecular formula is C16H26N2O5S. The monoisotopic (exact) mass is 358 g/mol. The van der Waals surface area contributed by atoms with E-state index >= 15 is 0 Å². The van der Waals surface area contributed by atoms with E-state index in [1.165, 1.54) is 30.7 Å². The van der Waals surface area contributed by atoms with Crippen LogP contribution in [0.3, 0.4) is 0 Å². The number of carbonyl (C=O) groups is 1. The molecular weight excluding hydrogens is 332 g/mol. The molecule has 136 valence electrons. The predicted molar refractivity (Wildman–Crippen MR) is 94.6 cm³/mol. The summed E-state index contributed by atoms with van der Waals surface area (Å²) in [5.41, 5.74) is 0.485. The van der Waals surface area contributed by atoms with E-state index in [-0.39, 0.29) is 29.7 Å². The number of ether oxygens (including phenoxy) is 2. The fourth-order valence-corrected chi connectivity index (χ4v) is 3.22. The molecule has 0 aliphatic rings. The number of sulfonamides is 1. The van der Waals surface area contributed by atoms with E-state index < -0.39 is 10.0 Å². The Kier molecular flexibility index (Phi) is 6.89. The predicted octanol–water partition coefficient (Wildman–Crippen LogP) is 2.02. The largest absolute Gasteiger partial charge is 0.493 e. The molecule has 0 aromatic heterocycles. The van der Waals surface area contributed by atoms with Gasteiger partial charge in [-0.2, -0.15) is 0 Å². The highest BCUT2D eigenvalue weighted by atomic mass is 32.2. The first kappa shape index (κ1) is 20.1. The fraction of sp³-hybridized carbons (Fsp3) is 0.562. The molecule has 0 aliphatic heterocycles. The lowest BCUT2D eigenvalue weighted by molar-refractivity contribution is 0.0939. The molecule has 0 heterocycles. The fourth-order valence-electron chi connectivity index (χ4n) is 2.24. The minimum Gasteiger partial charge on any atom is -0.493 e. The molecule has 1 amide bonds. The highest BCUT2D eigenvalue weighted by Crippen LogP contribution is 2.36. The van der Waals surface area contributed by atoms with Crippen molar-refractivity contribution in [2.45, 2.75) is 33.2 Å². The Morgan fingerprint density at radius 3 is 2.17 bits per heavy atom. The molecule has 7 nitrogen and oxygen atoms in total. The zero-order valence-corrected chi connectivity index (χ0v) is 15.9. The first-order valence-electron chi connectivity index (χ1n) is 7.74. The minimum absolute atomic E-state index is 0.0354. The van der Waals surface area contributed by atoms with Gasteiger partial charge in [-0.25, -0.2) is 8.42 Å². The number of methoxy groups -OCH3 is 2. The molecule has 0 radical (unpaired) electrons. The lowest BCUT2D eigenvalue weighted by Gasteiger charge is -2.25. The summed E-state index contributed by atoms with van der Waals surface area (Å²) in [4.78, 5) is 12.6. The molecule has 0 spiro atoms. The van der Waals surface area contributed by atoms with E-state index in [0.29, 0.717) is 11.5 Å². The number of hydrogen-bond acceptors (Lipinski definition) is 5. The maximum Gasteiger partial charge on any atom is 0.253 e. The second kappa shape index (κ2) is 8.23. The molecule has 0 aliphatic carbocycles. The molecule has 1 rings (SSSR count). The van der Waals surface area contributed by atoms with Gasteiger partial charge in [0.25, 0.3) is 5.91 Å². The van der Waals surface area contributed by atoms with E-state index in [9.17, 15) is 13.2 Å². The summed E-state index contributed by atoms with van der Waals surface area (Å²) in [5, 5.41) is 2.85. The Hall–Kier alpha value is -1.96. The van der Waals surface area contributed by atoms with Crippen molar-refractivity contribution in [2.24, 2.45) is 0 Å². The van der Waals surface area contributed by atoms with Crippen LogP contribution in [0.2, 0.25) is 0 Å². The van der Waals surface area contributed by atoms with E-state index in [1.807, 2.05) is 13.8 Å². The highest BCUT2D eigenvalue weighted by molar-refractivity contribution is 7.92. The summed E-state index contributed by atoms with van der Waals surface area (Å²) >= 11 is 0. The van der Waals surface area contributed by atoms with E-state index in [0.717, 1.165) is 12.7 Å². The van der Waals surface area contributed by atoms with Crippen molar-refractivity contribution in [2.75, 3.05) is 31.3 Å². The van der Waals surface area contributed by atoms with Crippen LogP contribution in [0.5, 0.6) is 11.5 Å². The van der Waals surface area contributed by atoms with Crippen molar-refractivity contribution in [1.82, 2.24) is 5.32 Å². The van der Waals surface area contributed by atoms with Gasteiger partial charge in [-0.05, 0) is 26.3 Å². The zero-order valence-electron chi connectivity index (χ0n) is 15.0. The van der Waals surface area contributed by atoms with Gasteiger partial charge in [-0.15, -0.1) is 0 Å². The van der Waals surface area contributed by atoms with Gasteiger partial charge in [0.05, 0.1) is 31.7 Å². The first-order chi connectivity index (χ1) is 11.2. The van der Waals surface area contributed by atoms with Crippen molar-refractivity contribution in [3.8, 4) is 11.5 Å². The van der Waals surface area contributed by atoms with Crippen LogP contribution in [0.25, 0.3) is 0 Å². The van der Waals surface area contributed by atoms with E-state index in [2.05, 4.69) is 5.32 Å². The molecule has 0 saturated heterocycles. The van der Waals surface area contributed by atoms with Gasteiger partial charge in [-0.1, -0.05) is 6.92 Å². The molecule has 0 fully saturated rings. The summed E-state index contributed by atoms with van der Waals surface area (Å²) in [6.45, 7) is 5.73. The highest BCUT2D eigenvalue weighted by Gasteiger charge is 2.25. The standard InChI is InChI=1S/C16H26N2O5S/c1-7-11(3)17-16(19)12-9-14(22-4)15(23-5)10-13(12)18(8-2)24(6,20)21/h9-11H,7-8H2,1-6H3,(H,17,19). The molecule has 24 heavy (non-hydrogen) atoms. The van der Waals surface area contributed by atoms with Gasteiger partial charge in [0.2, 0.25) is 10.0 Å². The number of rotatable bonds is 8. The second-order valence-electron chi connectivity index (χ2n) is 5.43. The number of carbonyl (C=O) groups excluding carboxylic acids is 1. The van der Waals surface area contributed by atoms with Crippen LogP contribution in [0.4, 0.5) is 5.69 Å². The molecule has 1 unspecified atom stereocenters. The second-order valence-corrected chi connectivity index (χ2v) is 7.34. The van der Waals surface area contributed by atoms with Crippen LogP contribution in [0.15, 0.2) is 12.1 Å². The molecule has 8 heteroatoms. The van der Waals surface area contributed by atoms with E-state index in [4.69, 9.17) is 9.47 Å². The quantitative estimate of drug-likeness (QED) is 0.768. The topological polar surface area (TPSA) is 84.9 Å². The summed E-state index contributed by atoms with van der Waals surface area (Å²) in [5.74, 6) is 0.359. The number of nitrogens with zero attached hydrogens (tertiary/aromatic N) is 1. The van der Waals surface area contributed by atoms with Crippen molar-refractivity contribution in [1.29, 1.82) is 0 Å². The maximum absolute atomic E-state index is 12.6. The molecule has 0 bridgehead atoms. The summed E-state index contributed by atoms with van der Waals surface area (Å²) in [6.07, 6.45) is 1.86. The lowest BCUT2D eigenvalue weighted by atomic mass is 10.1. The number of anilines is 1. The van der Waals surface area contributed by atoms with Crippen molar-refractivity contribution in [3.63, 3.8) is 0 Å². The minimum atomic E-state index is -3.55. The van der Waals surface area contributed by atoms with Crippen LogP contribution in [-0.2, 0) is 10.0 Å². The molecule has 1 aromatic rings. The molecule has 1 N–H and O–H groups in total. The van der Waals surface area contributed by atoms with Gasteiger partial charge >= 0.3 is 0 Å². The Morgan fingerprint density at radius 1 is 1.21 bits per heavy atom. The number of hydrogen-bond donors (Lipinski definition) is 1. The van der Waals surface area contributed by atoms with Crippen LogP contribution in [-0.4, -0.2) is 47.4 Å². The van der Waals surface area contributed by atoms with Crippen molar-refractivity contribution >= 4 is 21.6 Å². The molecule has 1 atom stereocenters. The van der Waals surface area contributed by atoms with Gasteiger partial charge in [0.1, 0.15) is 0 Å². The normalized spacial score (nSPS) is 12.4. The Balaban J connectivity index is 3.56. The number of amides is 1. The smallest absolute Gasteiger partial charge is 0.253 e. The zero-order chi connectivity index (χ0) is 18.5. The van der Waals surface area contributed by atoms with Crippen LogP contribution >= 0.6 is 0 Å². The van der Waals surface area contributed by atoms with Crippen LogP contribution in [0.1, 0.15) is 37.6 Å². The summed E-state index contributed by atoms with van der Waals surface area (Å²) in [7, 11) is -0.630. The first-order valence-corrected chi connectivity index (χ1v) is 9.58. The number of nitrogens with one attached hydrogen (secondary N) is 1. The van der Waals surface area contributed by atoms with Crippen molar-refractivity contribution < 1.29 is 22.7 Å². The average Bonchev–Trinajstić information content (AvgIpc) is 2.53. The van der Waals surface area contributed by atoms with Gasteiger partial charge in [0, 0.05) is 18.7 Å². The lowest BCUT2D eigenvalue weighted by Crippen LogP contribution is -2.35. The van der Waals surface area contributed by atoms with Gasteiger partial charge in [0.15, 0.2) is 11.5 Å². The SMILES string of the molecule is CCC(C)NC(=O)c1cc(OC)c(OC)cc1N(CC)S(C)(=O)=O. The molecule has 0 saturated carbocycles. The van der Waals surface area contributed by atoms with Gasteiger partial charge < -0.3 is 14.8 Å². The van der Waals surface area contributed by atoms with Crippen LogP contribution in [0, 0.1) is 0 Å². The van der Waals surface area contributed by atoms with Crippen LogP contribution < -0.4 is 19.1 Å². The number of benzene rings is 1. The summed E-state index contributed by atoms with van der Waals surface area (Å²) < 4.78 is 35.8. The van der Waals surface area contributed by atoms with Crippen molar-refractivity contribution in [3.05, 3.63) is 17.7 Å². The van der Waals surface area contributed by atoms with E-state index in [1.54, 1.807) is 6.92 Å². The maximum atomic E-state index is 12.6. The summed E-state index contributed by atoms with van der Waals surface area (Å²) in [6, 6.07) is 2.97. The average molecular weight is 358 g/mol. The molecule has 1 aromatic carbocycles. The Morgan fingerprint density at radius 2 is 1.75 bits per heavy atom. The third-order valence-corrected chi connectivity index (χ3v) is 4.95. The Labute approximate surface area is 144 Å². The third kappa shape index (κ3) is 4.53. The Bertz CT molecular complexity index is 688.